The molecule has 160 valence electrons. The van der Waals surface area contributed by atoms with Crippen molar-refractivity contribution in [1.29, 1.82) is 0 Å². The Morgan fingerprint density at radius 3 is 1.90 bits per heavy atom. The minimum Gasteiger partial charge on any atom is -0.457 e. The van der Waals surface area contributed by atoms with Gasteiger partial charge in [0.25, 0.3) is 10.0 Å². The van der Waals surface area contributed by atoms with Gasteiger partial charge in [-0.3, -0.25) is 4.72 Å². The molecule has 0 radical (unpaired) electrons. The third kappa shape index (κ3) is 5.18. The SMILES string of the molecule is O=S(=O)(Nc1ncns1)c1ccc(Oc2cc(C(F)(F)F)cc(C(F)(F)F)c2)cc1. The maximum atomic E-state index is 12.9. The van der Waals surface area contributed by atoms with Crippen molar-refractivity contribution in [1.82, 2.24) is 9.36 Å². The Labute approximate surface area is 169 Å². The largest absolute Gasteiger partial charge is 0.457 e. The Morgan fingerprint density at radius 2 is 1.43 bits per heavy atom. The highest BCUT2D eigenvalue weighted by molar-refractivity contribution is 7.93. The van der Waals surface area contributed by atoms with Gasteiger partial charge in [0.2, 0.25) is 5.13 Å². The fourth-order valence-electron chi connectivity index (χ4n) is 2.20. The van der Waals surface area contributed by atoms with E-state index in [0.29, 0.717) is 12.1 Å². The predicted molar refractivity (Wildman–Crippen MR) is 93.7 cm³/mol. The van der Waals surface area contributed by atoms with Crippen molar-refractivity contribution >= 4 is 26.7 Å². The van der Waals surface area contributed by atoms with Crippen molar-refractivity contribution in [2.45, 2.75) is 17.2 Å². The maximum absolute atomic E-state index is 12.9. The standard InChI is InChI=1S/C16H9F6N3O3S2/c17-15(18,19)9-5-10(16(20,21)22)7-12(6-9)28-11-1-3-13(4-2-11)30(26,27)25-14-23-8-24-29-14/h1-8H,(H,23,24,25). The Kier molecular flexibility index (Phi) is 5.64. The van der Waals surface area contributed by atoms with Crippen LogP contribution < -0.4 is 9.46 Å². The zero-order valence-electron chi connectivity index (χ0n) is 14.3. The molecule has 0 spiro atoms. The number of alkyl halides is 6. The molecule has 6 nitrogen and oxygen atoms in total. The molecular weight excluding hydrogens is 460 g/mol. The summed E-state index contributed by atoms with van der Waals surface area (Å²) in [6.45, 7) is 0. The normalized spacial score (nSPS) is 12.6. The van der Waals surface area contributed by atoms with Crippen molar-refractivity contribution in [2.24, 2.45) is 0 Å². The second-order valence-electron chi connectivity index (χ2n) is 5.67. The number of halogens is 6. The van der Waals surface area contributed by atoms with Gasteiger partial charge >= 0.3 is 12.4 Å². The van der Waals surface area contributed by atoms with Gasteiger partial charge in [-0.2, -0.15) is 30.7 Å². The molecule has 3 rings (SSSR count). The fourth-order valence-corrected chi connectivity index (χ4v) is 3.86. The van der Waals surface area contributed by atoms with Crippen LogP contribution in [-0.2, 0) is 22.4 Å². The Balaban J connectivity index is 1.86. The number of nitrogens with zero attached hydrogens (tertiary/aromatic N) is 2. The Hall–Kier alpha value is -2.87. The summed E-state index contributed by atoms with van der Waals surface area (Å²) in [7, 11) is -4.02. The lowest BCUT2D eigenvalue weighted by molar-refractivity contribution is -0.143. The second kappa shape index (κ2) is 7.75. The lowest BCUT2D eigenvalue weighted by Crippen LogP contribution is -2.12. The molecule has 1 heterocycles. The lowest BCUT2D eigenvalue weighted by atomic mass is 10.1. The molecule has 1 aromatic heterocycles. The van der Waals surface area contributed by atoms with E-state index in [0.717, 1.165) is 42.1 Å². The maximum Gasteiger partial charge on any atom is 0.416 e. The van der Waals surface area contributed by atoms with Crippen molar-refractivity contribution in [3.05, 3.63) is 59.9 Å². The molecule has 14 heteroatoms. The highest BCUT2D eigenvalue weighted by atomic mass is 32.2. The topological polar surface area (TPSA) is 81.2 Å². The second-order valence-corrected chi connectivity index (χ2v) is 8.13. The molecule has 0 amide bonds. The van der Waals surface area contributed by atoms with Crippen molar-refractivity contribution in [3.8, 4) is 11.5 Å². The molecule has 0 unspecified atom stereocenters. The van der Waals surface area contributed by atoms with Crippen LogP contribution in [0.4, 0.5) is 31.5 Å². The van der Waals surface area contributed by atoms with Gasteiger partial charge in [0.1, 0.15) is 17.8 Å². The molecule has 0 aliphatic rings. The van der Waals surface area contributed by atoms with Crippen LogP contribution in [0, 0.1) is 0 Å². The molecule has 0 bridgehead atoms. The van der Waals surface area contributed by atoms with Crippen LogP contribution in [0.1, 0.15) is 11.1 Å². The molecule has 30 heavy (non-hydrogen) atoms. The molecule has 3 aromatic rings. The van der Waals surface area contributed by atoms with E-state index in [1.165, 1.54) is 0 Å². The van der Waals surface area contributed by atoms with E-state index in [4.69, 9.17) is 4.74 Å². The first-order valence-electron chi connectivity index (χ1n) is 7.71. The Morgan fingerprint density at radius 1 is 0.867 bits per heavy atom. The van der Waals surface area contributed by atoms with E-state index in [2.05, 4.69) is 14.1 Å². The third-order valence-corrected chi connectivity index (χ3v) is 5.58. The summed E-state index contributed by atoms with van der Waals surface area (Å²) in [5, 5.41) is 0.0129. The monoisotopic (exact) mass is 469 g/mol. The number of hydrogen-bond donors (Lipinski definition) is 1. The first kappa shape index (κ1) is 21.8. The van der Waals surface area contributed by atoms with E-state index in [1.54, 1.807) is 0 Å². The summed E-state index contributed by atoms with van der Waals surface area (Å²) in [6.07, 6.45) is -8.90. The number of sulfonamides is 1. The first-order chi connectivity index (χ1) is 13.8. The van der Waals surface area contributed by atoms with Crippen LogP contribution in [0.15, 0.2) is 53.7 Å². The molecular formula is C16H9F6N3O3S2. The number of nitrogens with one attached hydrogen (secondary N) is 1. The molecule has 0 saturated heterocycles. The summed E-state index contributed by atoms with van der Waals surface area (Å²) in [4.78, 5) is 3.43. The minimum absolute atomic E-state index is 0.0129. The zero-order valence-corrected chi connectivity index (χ0v) is 16.0. The number of benzene rings is 2. The van der Waals surface area contributed by atoms with Crippen molar-refractivity contribution < 1.29 is 39.5 Å². The highest BCUT2D eigenvalue weighted by Gasteiger charge is 2.37. The number of anilines is 1. The van der Waals surface area contributed by atoms with Gasteiger partial charge in [0, 0.05) is 11.5 Å². The summed E-state index contributed by atoms with van der Waals surface area (Å²) >= 11 is 0.796. The van der Waals surface area contributed by atoms with E-state index >= 15 is 0 Å². The molecule has 0 aliphatic carbocycles. The predicted octanol–water partition coefficient (Wildman–Crippen LogP) is 5.17. The van der Waals surface area contributed by atoms with E-state index in [-0.39, 0.29) is 21.8 Å². The highest BCUT2D eigenvalue weighted by Crippen LogP contribution is 2.39. The van der Waals surface area contributed by atoms with Gasteiger partial charge in [-0.25, -0.2) is 13.4 Å². The average Bonchev–Trinajstić information content (AvgIpc) is 3.13. The van der Waals surface area contributed by atoms with Gasteiger partial charge in [-0.15, -0.1) is 0 Å². The van der Waals surface area contributed by atoms with Crippen LogP contribution in [0.3, 0.4) is 0 Å². The Bertz CT molecular complexity index is 1100. The van der Waals surface area contributed by atoms with Gasteiger partial charge < -0.3 is 4.74 Å². The molecule has 0 fully saturated rings. The fraction of sp³-hybridized carbons (Fsp3) is 0.125. The van der Waals surface area contributed by atoms with Crippen LogP contribution in [0.2, 0.25) is 0 Å². The smallest absolute Gasteiger partial charge is 0.416 e. The van der Waals surface area contributed by atoms with E-state index < -0.39 is 39.3 Å². The van der Waals surface area contributed by atoms with Crippen LogP contribution in [0.5, 0.6) is 11.5 Å². The number of ether oxygens (including phenoxy) is 1. The average molecular weight is 469 g/mol. The molecule has 0 aliphatic heterocycles. The first-order valence-corrected chi connectivity index (χ1v) is 9.97. The summed E-state index contributed by atoms with van der Waals surface area (Å²) in [5.41, 5.74) is -3.07. The van der Waals surface area contributed by atoms with Crippen molar-refractivity contribution in [2.75, 3.05) is 4.72 Å². The van der Waals surface area contributed by atoms with Crippen LogP contribution in [-0.4, -0.2) is 17.8 Å². The summed E-state index contributed by atoms with van der Waals surface area (Å²) in [5.74, 6) is -0.878. The lowest BCUT2D eigenvalue weighted by Gasteiger charge is -2.15. The van der Waals surface area contributed by atoms with E-state index in [9.17, 15) is 34.8 Å². The van der Waals surface area contributed by atoms with E-state index in [1.807, 2.05) is 0 Å². The van der Waals surface area contributed by atoms with Crippen LogP contribution >= 0.6 is 11.5 Å². The van der Waals surface area contributed by atoms with Crippen molar-refractivity contribution in [3.63, 3.8) is 0 Å². The molecule has 2 aromatic carbocycles. The van der Waals surface area contributed by atoms with Gasteiger partial charge in [0.15, 0.2) is 0 Å². The minimum atomic E-state index is -5.02. The molecule has 1 N–H and O–H groups in total. The molecule has 0 atom stereocenters. The van der Waals surface area contributed by atoms with Gasteiger partial charge in [0.05, 0.1) is 16.0 Å². The number of hydrogen-bond acceptors (Lipinski definition) is 6. The molecule has 0 saturated carbocycles. The zero-order chi connectivity index (χ0) is 22.2. The quantitative estimate of drug-likeness (QED) is 0.522. The summed E-state index contributed by atoms with van der Waals surface area (Å²) < 4.78 is 113. The van der Waals surface area contributed by atoms with Gasteiger partial charge in [-0.1, -0.05) is 0 Å². The number of aromatic nitrogens is 2. The third-order valence-electron chi connectivity index (χ3n) is 3.51. The van der Waals surface area contributed by atoms with Gasteiger partial charge in [-0.05, 0) is 42.5 Å². The summed E-state index contributed by atoms with van der Waals surface area (Å²) in [6, 6.07) is 5.10. The van der Waals surface area contributed by atoms with Crippen LogP contribution in [0.25, 0.3) is 0 Å². The number of rotatable bonds is 5.